The SMILES string of the molecule is CCOC(=O)C1=C(C)NC(c2ccc(O)cn2)=NC1c1ccc(F)cc1Cl. The highest BCUT2D eigenvalue weighted by atomic mass is 35.5. The van der Waals surface area contributed by atoms with Crippen LogP contribution in [0.15, 0.2) is 52.8 Å². The summed E-state index contributed by atoms with van der Waals surface area (Å²) in [5.41, 5.74) is 1.75. The molecule has 2 N–H and O–H groups in total. The molecular weight excluding hydrogens is 373 g/mol. The van der Waals surface area contributed by atoms with Gasteiger partial charge in [0, 0.05) is 16.3 Å². The number of rotatable bonds is 4. The number of hydrogen-bond acceptors (Lipinski definition) is 6. The molecule has 27 heavy (non-hydrogen) atoms. The van der Waals surface area contributed by atoms with Crippen LogP contribution in [0.5, 0.6) is 5.75 Å². The topological polar surface area (TPSA) is 83.8 Å². The van der Waals surface area contributed by atoms with Crippen molar-refractivity contribution in [3.8, 4) is 5.75 Å². The van der Waals surface area contributed by atoms with E-state index in [2.05, 4.69) is 15.3 Å². The number of aromatic nitrogens is 1. The Morgan fingerprint density at radius 1 is 1.37 bits per heavy atom. The first-order valence-corrected chi connectivity index (χ1v) is 8.61. The fraction of sp³-hybridized carbons (Fsp3) is 0.211. The summed E-state index contributed by atoms with van der Waals surface area (Å²) in [7, 11) is 0. The van der Waals surface area contributed by atoms with Crippen molar-refractivity contribution in [2.75, 3.05) is 6.61 Å². The minimum atomic E-state index is -0.788. The molecule has 1 aromatic heterocycles. The Balaban J connectivity index is 2.11. The van der Waals surface area contributed by atoms with Crippen molar-refractivity contribution < 1.29 is 19.0 Å². The zero-order valence-electron chi connectivity index (χ0n) is 14.7. The first-order valence-electron chi connectivity index (χ1n) is 8.23. The molecule has 1 aliphatic rings. The van der Waals surface area contributed by atoms with Crippen LogP contribution < -0.4 is 5.32 Å². The Hall–Kier alpha value is -2.93. The minimum Gasteiger partial charge on any atom is -0.506 e. The van der Waals surface area contributed by atoms with Gasteiger partial charge in [-0.1, -0.05) is 17.7 Å². The summed E-state index contributed by atoms with van der Waals surface area (Å²) in [5.74, 6) is -0.603. The summed E-state index contributed by atoms with van der Waals surface area (Å²) >= 11 is 6.22. The van der Waals surface area contributed by atoms with E-state index in [-0.39, 0.29) is 23.0 Å². The Bertz CT molecular complexity index is 942. The maximum Gasteiger partial charge on any atom is 0.338 e. The van der Waals surface area contributed by atoms with Gasteiger partial charge in [-0.3, -0.25) is 4.99 Å². The van der Waals surface area contributed by atoms with Crippen molar-refractivity contribution >= 4 is 23.4 Å². The van der Waals surface area contributed by atoms with E-state index in [0.29, 0.717) is 22.8 Å². The molecule has 6 nitrogen and oxygen atoms in total. The number of ether oxygens (including phenoxy) is 1. The lowest BCUT2D eigenvalue weighted by molar-refractivity contribution is -0.138. The standard InChI is InChI=1S/C19H17ClFN3O3/c1-3-27-19(26)16-10(2)23-18(15-7-5-12(25)9-22-15)24-17(16)13-6-4-11(21)8-14(13)20/h4-9,17,25H,3H2,1-2H3,(H,23,24). The van der Waals surface area contributed by atoms with E-state index in [9.17, 15) is 14.3 Å². The predicted molar refractivity (Wildman–Crippen MR) is 99.1 cm³/mol. The molecule has 0 saturated carbocycles. The fourth-order valence-corrected chi connectivity index (χ4v) is 3.02. The van der Waals surface area contributed by atoms with Gasteiger partial charge < -0.3 is 15.2 Å². The van der Waals surface area contributed by atoms with Crippen LogP contribution in [0.3, 0.4) is 0 Å². The van der Waals surface area contributed by atoms with Crippen LogP contribution in [0.4, 0.5) is 4.39 Å². The number of halogens is 2. The van der Waals surface area contributed by atoms with Crippen molar-refractivity contribution in [2.24, 2.45) is 4.99 Å². The Morgan fingerprint density at radius 3 is 2.78 bits per heavy atom. The number of nitrogens with one attached hydrogen (secondary N) is 1. The first-order chi connectivity index (χ1) is 12.9. The number of pyridine rings is 1. The maximum absolute atomic E-state index is 13.5. The van der Waals surface area contributed by atoms with E-state index in [1.165, 1.54) is 30.5 Å². The Morgan fingerprint density at radius 2 is 2.15 bits per heavy atom. The summed E-state index contributed by atoms with van der Waals surface area (Å²) in [6, 6.07) is 6.20. The van der Waals surface area contributed by atoms with E-state index < -0.39 is 17.8 Å². The summed E-state index contributed by atoms with van der Waals surface area (Å²) in [4.78, 5) is 21.2. The fourth-order valence-electron chi connectivity index (χ4n) is 2.75. The predicted octanol–water partition coefficient (Wildman–Crippen LogP) is 3.51. The molecule has 0 saturated heterocycles. The van der Waals surface area contributed by atoms with Gasteiger partial charge in [0.15, 0.2) is 5.84 Å². The van der Waals surface area contributed by atoms with Crippen molar-refractivity contribution in [1.82, 2.24) is 10.3 Å². The number of carbonyl (C=O) groups excluding carboxylic acids is 1. The molecule has 0 fully saturated rings. The number of benzene rings is 1. The number of aromatic hydroxyl groups is 1. The molecule has 8 heteroatoms. The molecule has 0 radical (unpaired) electrons. The van der Waals surface area contributed by atoms with Gasteiger partial charge in [0.1, 0.15) is 23.3 Å². The molecule has 1 aromatic carbocycles. The lowest BCUT2D eigenvalue weighted by Crippen LogP contribution is -2.33. The van der Waals surface area contributed by atoms with Gasteiger partial charge in [-0.05, 0) is 38.1 Å². The van der Waals surface area contributed by atoms with Gasteiger partial charge in [-0.25, -0.2) is 14.2 Å². The van der Waals surface area contributed by atoms with E-state index in [1.54, 1.807) is 19.9 Å². The summed E-state index contributed by atoms with van der Waals surface area (Å²) < 4.78 is 18.6. The molecule has 1 aliphatic heterocycles. The lowest BCUT2D eigenvalue weighted by Gasteiger charge is -2.26. The lowest BCUT2D eigenvalue weighted by atomic mass is 9.95. The third-order valence-electron chi connectivity index (χ3n) is 3.98. The Labute approximate surface area is 160 Å². The molecule has 0 bridgehead atoms. The third kappa shape index (κ3) is 3.93. The number of hydrogen-bond donors (Lipinski definition) is 2. The van der Waals surface area contributed by atoms with Gasteiger partial charge in [0.25, 0.3) is 0 Å². The van der Waals surface area contributed by atoms with Crippen LogP contribution in [-0.4, -0.2) is 28.5 Å². The molecule has 0 spiro atoms. The van der Waals surface area contributed by atoms with Crippen LogP contribution in [0.1, 0.15) is 31.1 Å². The van der Waals surface area contributed by atoms with Crippen LogP contribution in [-0.2, 0) is 9.53 Å². The van der Waals surface area contributed by atoms with E-state index >= 15 is 0 Å². The first kappa shape index (κ1) is 18.8. The summed E-state index contributed by atoms with van der Waals surface area (Å²) in [6.45, 7) is 3.63. The van der Waals surface area contributed by atoms with Crippen LogP contribution in [0.25, 0.3) is 0 Å². The zero-order chi connectivity index (χ0) is 19.6. The molecular formula is C19H17ClFN3O3. The molecule has 0 aliphatic carbocycles. The highest BCUT2D eigenvalue weighted by molar-refractivity contribution is 6.31. The molecule has 2 heterocycles. The molecule has 2 aromatic rings. The summed E-state index contributed by atoms with van der Waals surface area (Å²) in [6.07, 6.45) is 1.29. The number of nitrogens with zero attached hydrogens (tertiary/aromatic N) is 2. The number of allylic oxidation sites excluding steroid dienone is 1. The van der Waals surface area contributed by atoms with Gasteiger partial charge in [-0.2, -0.15) is 0 Å². The third-order valence-corrected chi connectivity index (χ3v) is 4.31. The molecule has 0 amide bonds. The number of esters is 1. The monoisotopic (exact) mass is 389 g/mol. The summed E-state index contributed by atoms with van der Waals surface area (Å²) in [5, 5.41) is 12.6. The number of amidine groups is 1. The number of carbonyl (C=O) groups is 1. The molecule has 140 valence electrons. The highest BCUT2D eigenvalue weighted by Crippen LogP contribution is 2.36. The molecule has 1 unspecified atom stereocenters. The van der Waals surface area contributed by atoms with Crippen molar-refractivity contribution in [3.63, 3.8) is 0 Å². The second-order valence-corrected chi connectivity index (χ2v) is 6.24. The van der Waals surface area contributed by atoms with Crippen molar-refractivity contribution in [3.05, 3.63) is 69.9 Å². The van der Waals surface area contributed by atoms with Crippen molar-refractivity contribution in [2.45, 2.75) is 19.9 Å². The Kier molecular flexibility index (Phi) is 5.41. The number of aliphatic imine (C=N–C) groups is 1. The average Bonchev–Trinajstić information content (AvgIpc) is 2.62. The quantitative estimate of drug-likeness (QED) is 0.782. The van der Waals surface area contributed by atoms with Gasteiger partial charge >= 0.3 is 5.97 Å². The van der Waals surface area contributed by atoms with E-state index in [1.807, 2.05) is 0 Å². The van der Waals surface area contributed by atoms with Gasteiger partial charge in [-0.15, -0.1) is 0 Å². The zero-order valence-corrected chi connectivity index (χ0v) is 15.4. The molecule has 3 rings (SSSR count). The van der Waals surface area contributed by atoms with Crippen LogP contribution >= 0.6 is 11.6 Å². The second kappa shape index (κ2) is 7.75. The smallest absolute Gasteiger partial charge is 0.338 e. The van der Waals surface area contributed by atoms with Gasteiger partial charge in [0.2, 0.25) is 0 Å². The minimum absolute atomic E-state index is 0.0211. The van der Waals surface area contributed by atoms with Crippen LogP contribution in [0, 0.1) is 5.82 Å². The average molecular weight is 390 g/mol. The van der Waals surface area contributed by atoms with Crippen molar-refractivity contribution in [1.29, 1.82) is 0 Å². The highest BCUT2D eigenvalue weighted by Gasteiger charge is 2.32. The maximum atomic E-state index is 13.5. The largest absolute Gasteiger partial charge is 0.506 e. The van der Waals surface area contributed by atoms with E-state index in [0.717, 1.165) is 0 Å². The normalized spacial score (nSPS) is 16.6. The van der Waals surface area contributed by atoms with Crippen LogP contribution in [0.2, 0.25) is 5.02 Å². The van der Waals surface area contributed by atoms with E-state index in [4.69, 9.17) is 16.3 Å². The van der Waals surface area contributed by atoms with Gasteiger partial charge in [0.05, 0.1) is 18.4 Å². The molecule has 1 atom stereocenters. The second-order valence-electron chi connectivity index (χ2n) is 5.83.